The molecule has 0 heterocycles. The van der Waals surface area contributed by atoms with Crippen molar-refractivity contribution in [3.63, 3.8) is 0 Å². The maximum Gasteiger partial charge on any atom is 0.0596 e. The summed E-state index contributed by atoms with van der Waals surface area (Å²) in [5.41, 5.74) is 3.40. The molecule has 7 atom stereocenters. The first-order chi connectivity index (χ1) is 11.5. The van der Waals surface area contributed by atoms with Crippen molar-refractivity contribution in [2.24, 2.45) is 34.0 Å². The first-order valence-electron chi connectivity index (χ1n) is 10.2. The highest BCUT2D eigenvalue weighted by atomic mass is 16.3. The molecule has 0 saturated heterocycles. The number of aliphatic hydroxyl groups excluding tert-OH is 2. The van der Waals surface area contributed by atoms with E-state index in [9.17, 15) is 10.2 Å². The summed E-state index contributed by atoms with van der Waals surface area (Å²) in [6, 6.07) is 0. The number of aliphatic hydroxyl groups is 2. The van der Waals surface area contributed by atoms with Crippen LogP contribution in [0.1, 0.15) is 71.1 Å². The van der Waals surface area contributed by atoms with Crippen LogP contribution in [0.4, 0.5) is 0 Å². The summed E-state index contributed by atoms with van der Waals surface area (Å²) in [4.78, 5) is 0. The molecule has 1 unspecified atom stereocenters. The number of allylic oxidation sites excluding steroid dienone is 1. The SMILES string of the molecule is C=C=CC12CCCC[C@]1(CO)[C@H]1CC[C@]3(C)[C@@H](O)CC[C@H]3[C@@H]1CC2. The zero-order valence-electron chi connectivity index (χ0n) is 15.3. The van der Waals surface area contributed by atoms with Crippen LogP contribution in [-0.2, 0) is 0 Å². The smallest absolute Gasteiger partial charge is 0.0596 e. The predicted octanol–water partition coefficient (Wildman–Crippen LogP) is 4.46. The summed E-state index contributed by atoms with van der Waals surface area (Å²) in [6.07, 6.45) is 13.9. The van der Waals surface area contributed by atoms with Crippen molar-refractivity contribution in [1.82, 2.24) is 0 Å². The van der Waals surface area contributed by atoms with Crippen molar-refractivity contribution in [1.29, 1.82) is 0 Å². The van der Waals surface area contributed by atoms with E-state index in [2.05, 4.69) is 25.3 Å². The Morgan fingerprint density at radius 1 is 1.04 bits per heavy atom. The van der Waals surface area contributed by atoms with Gasteiger partial charge in [0.15, 0.2) is 0 Å². The molecule has 4 rings (SSSR count). The van der Waals surface area contributed by atoms with Gasteiger partial charge in [-0.05, 0) is 80.6 Å². The zero-order chi connectivity index (χ0) is 17.0. The highest BCUT2D eigenvalue weighted by Gasteiger charge is 2.64. The van der Waals surface area contributed by atoms with Crippen molar-refractivity contribution < 1.29 is 10.2 Å². The molecule has 4 saturated carbocycles. The Morgan fingerprint density at radius 2 is 1.83 bits per heavy atom. The summed E-state index contributed by atoms with van der Waals surface area (Å²) < 4.78 is 0. The molecular formula is C22H34O2. The third-order valence-corrected chi connectivity index (χ3v) is 9.17. The second-order valence-electron chi connectivity index (χ2n) is 9.58. The highest BCUT2D eigenvalue weighted by molar-refractivity contribution is 5.18. The number of hydrogen-bond acceptors (Lipinski definition) is 2. The van der Waals surface area contributed by atoms with E-state index in [0.717, 1.165) is 19.3 Å². The van der Waals surface area contributed by atoms with E-state index in [-0.39, 0.29) is 22.3 Å². The normalized spacial score (nSPS) is 53.5. The number of hydrogen-bond donors (Lipinski definition) is 2. The van der Waals surface area contributed by atoms with Gasteiger partial charge in [0, 0.05) is 17.4 Å². The van der Waals surface area contributed by atoms with Gasteiger partial charge in [-0.1, -0.05) is 26.3 Å². The molecular weight excluding hydrogens is 296 g/mol. The minimum Gasteiger partial charge on any atom is -0.396 e. The third kappa shape index (κ3) is 1.97. The second kappa shape index (κ2) is 5.73. The first kappa shape index (κ1) is 16.9. The summed E-state index contributed by atoms with van der Waals surface area (Å²) in [6.45, 7) is 6.54. The van der Waals surface area contributed by atoms with Crippen LogP contribution in [0.15, 0.2) is 18.4 Å². The van der Waals surface area contributed by atoms with Crippen molar-refractivity contribution in [2.45, 2.75) is 77.2 Å². The molecule has 0 spiro atoms. The molecule has 0 bridgehead atoms. The Bertz CT molecular complexity index is 550. The first-order valence-corrected chi connectivity index (χ1v) is 10.2. The fourth-order valence-electron chi connectivity index (χ4n) is 7.92. The van der Waals surface area contributed by atoms with Crippen molar-refractivity contribution in [3.05, 3.63) is 18.4 Å². The lowest BCUT2D eigenvalue weighted by Gasteiger charge is -2.65. The van der Waals surface area contributed by atoms with Crippen LogP contribution in [0, 0.1) is 34.0 Å². The van der Waals surface area contributed by atoms with Crippen LogP contribution >= 0.6 is 0 Å². The Morgan fingerprint density at radius 3 is 2.58 bits per heavy atom. The Labute approximate surface area is 147 Å². The molecule has 0 aromatic carbocycles. The Balaban J connectivity index is 1.75. The molecule has 2 heteroatoms. The summed E-state index contributed by atoms with van der Waals surface area (Å²) in [5, 5.41) is 21.2. The summed E-state index contributed by atoms with van der Waals surface area (Å²) in [7, 11) is 0. The molecule has 4 fully saturated rings. The third-order valence-electron chi connectivity index (χ3n) is 9.17. The number of rotatable bonds is 2. The lowest BCUT2D eigenvalue weighted by atomic mass is 9.40. The lowest BCUT2D eigenvalue weighted by Crippen LogP contribution is -2.60. The quantitative estimate of drug-likeness (QED) is 0.734. The van der Waals surface area contributed by atoms with Gasteiger partial charge in [-0.3, -0.25) is 0 Å². The molecule has 0 amide bonds. The van der Waals surface area contributed by atoms with Crippen LogP contribution in [0.25, 0.3) is 0 Å². The van der Waals surface area contributed by atoms with Crippen LogP contribution in [-0.4, -0.2) is 22.9 Å². The van der Waals surface area contributed by atoms with Gasteiger partial charge in [-0.2, -0.15) is 0 Å². The topological polar surface area (TPSA) is 40.5 Å². The molecule has 0 radical (unpaired) electrons. The van der Waals surface area contributed by atoms with Gasteiger partial charge >= 0.3 is 0 Å². The highest BCUT2D eigenvalue weighted by Crippen LogP contribution is 2.70. The zero-order valence-corrected chi connectivity index (χ0v) is 15.3. The average molecular weight is 331 g/mol. The van der Waals surface area contributed by atoms with Gasteiger partial charge in [-0.15, -0.1) is 5.73 Å². The van der Waals surface area contributed by atoms with E-state index in [1.807, 2.05) is 0 Å². The monoisotopic (exact) mass is 330 g/mol. The van der Waals surface area contributed by atoms with Crippen molar-refractivity contribution >= 4 is 0 Å². The lowest BCUT2D eigenvalue weighted by molar-refractivity contribution is -0.172. The van der Waals surface area contributed by atoms with Crippen LogP contribution in [0.3, 0.4) is 0 Å². The Hall–Kier alpha value is -0.560. The molecule has 2 nitrogen and oxygen atoms in total. The molecule has 4 aliphatic rings. The number of fused-ring (bicyclic) bond motifs is 5. The van der Waals surface area contributed by atoms with Gasteiger partial charge in [-0.25, -0.2) is 0 Å². The summed E-state index contributed by atoms with van der Waals surface area (Å²) in [5.74, 6) is 1.96. The van der Waals surface area contributed by atoms with Crippen LogP contribution in [0.5, 0.6) is 0 Å². The van der Waals surface area contributed by atoms with Gasteiger partial charge in [0.25, 0.3) is 0 Å². The minimum atomic E-state index is -0.111. The molecule has 4 aliphatic carbocycles. The minimum absolute atomic E-state index is 0.0354. The van der Waals surface area contributed by atoms with E-state index in [0.29, 0.717) is 24.4 Å². The van der Waals surface area contributed by atoms with E-state index >= 15 is 0 Å². The van der Waals surface area contributed by atoms with E-state index < -0.39 is 0 Å². The molecule has 0 aromatic heterocycles. The standard InChI is InChI=1S/C22H34O2/c1-3-10-21-11-4-5-12-22(21,15-23)18-9-13-20(2)17(6-7-19(20)24)16(18)8-14-21/h10,16-19,23-24H,1,4-9,11-15H2,2H3/t16-,17-,18-,19-,20-,21?,22-/m0/s1. The van der Waals surface area contributed by atoms with E-state index in [4.69, 9.17) is 0 Å². The van der Waals surface area contributed by atoms with E-state index in [1.165, 1.54) is 44.9 Å². The van der Waals surface area contributed by atoms with E-state index in [1.54, 1.807) is 0 Å². The van der Waals surface area contributed by atoms with Crippen LogP contribution < -0.4 is 0 Å². The fraction of sp³-hybridized carbons (Fsp3) is 0.864. The van der Waals surface area contributed by atoms with Crippen molar-refractivity contribution in [3.8, 4) is 0 Å². The maximum absolute atomic E-state index is 10.6. The van der Waals surface area contributed by atoms with Crippen LogP contribution in [0.2, 0.25) is 0 Å². The molecule has 0 aromatic rings. The largest absolute Gasteiger partial charge is 0.396 e. The predicted molar refractivity (Wildman–Crippen MR) is 96.4 cm³/mol. The Kier molecular flexibility index (Phi) is 4.03. The van der Waals surface area contributed by atoms with Gasteiger partial charge < -0.3 is 10.2 Å². The van der Waals surface area contributed by atoms with Gasteiger partial charge in [0.1, 0.15) is 0 Å². The van der Waals surface area contributed by atoms with Crippen molar-refractivity contribution in [2.75, 3.05) is 6.61 Å². The molecule has 134 valence electrons. The second-order valence-corrected chi connectivity index (χ2v) is 9.58. The molecule has 2 N–H and O–H groups in total. The van der Waals surface area contributed by atoms with Gasteiger partial charge in [0.2, 0.25) is 0 Å². The summed E-state index contributed by atoms with van der Waals surface area (Å²) >= 11 is 0. The molecule has 0 aliphatic heterocycles. The maximum atomic E-state index is 10.6. The fourth-order valence-corrected chi connectivity index (χ4v) is 7.92. The van der Waals surface area contributed by atoms with Gasteiger partial charge in [0.05, 0.1) is 6.10 Å². The average Bonchev–Trinajstić information content (AvgIpc) is 2.90. The molecule has 24 heavy (non-hydrogen) atoms.